The topological polar surface area (TPSA) is 50.9 Å². The second kappa shape index (κ2) is 4.77. The van der Waals surface area contributed by atoms with Crippen LogP contribution in [0.5, 0.6) is 0 Å². The number of aromatic nitrogens is 3. The Balaban J connectivity index is 2.18. The molecule has 1 aliphatic carbocycles. The Bertz CT molecular complexity index is 372. The fourth-order valence-corrected chi connectivity index (χ4v) is 3.03. The van der Waals surface area contributed by atoms with E-state index in [9.17, 15) is 5.11 Å². The minimum atomic E-state index is -0.422. The Morgan fingerprint density at radius 2 is 2.35 bits per heavy atom. The van der Waals surface area contributed by atoms with Crippen LogP contribution in [0.3, 0.4) is 0 Å². The molecule has 1 aromatic rings. The molecule has 4 heteroatoms. The number of aryl methyl sites for hydroxylation is 1. The normalized spacial score (nSPS) is 25.1. The van der Waals surface area contributed by atoms with Crippen LogP contribution >= 0.6 is 0 Å². The van der Waals surface area contributed by atoms with E-state index in [0.29, 0.717) is 5.92 Å². The van der Waals surface area contributed by atoms with Crippen molar-refractivity contribution in [2.24, 2.45) is 11.3 Å². The van der Waals surface area contributed by atoms with Crippen molar-refractivity contribution in [2.75, 3.05) is 0 Å². The molecule has 0 bridgehead atoms. The van der Waals surface area contributed by atoms with Crippen LogP contribution in [-0.4, -0.2) is 20.1 Å². The minimum Gasteiger partial charge on any atom is -0.386 e. The summed E-state index contributed by atoms with van der Waals surface area (Å²) in [6.07, 6.45) is 5.82. The van der Waals surface area contributed by atoms with Crippen molar-refractivity contribution in [3.05, 3.63) is 11.9 Å². The van der Waals surface area contributed by atoms with Gasteiger partial charge in [-0.25, -0.2) is 4.68 Å². The molecular formula is C13H23N3O. The molecule has 0 saturated heterocycles. The van der Waals surface area contributed by atoms with Gasteiger partial charge >= 0.3 is 0 Å². The SMILES string of the molecule is CCCn1nncc1C(O)C1CCCC1(C)C. The third-order valence-electron chi connectivity index (χ3n) is 4.11. The molecule has 2 atom stereocenters. The van der Waals surface area contributed by atoms with Crippen molar-refractivity contribution in [1.29, 1.82) is 0 Å². The maximum absolute atomic E-state index is 10.6. The van der Waals surface area contributed by atoms with Crippen molar-refractivity contribution >= 4 is 0 Å². The fourth-order valence-electron chi connectivity index (χ4n) is 3.03. The number of hydrogen-bond donors (Lipinski definition) is 1. The van der Waals surface area contributed by atoms with Gasteiger partial charge < -0.3 is 5.11 Å². The monoisotopic (exact) mass is 237 g/mol. The van der Waals surface area contributed by atoms with E-state index in [0.717, 1.165) is 25.1 Å². The average Bonchev–Trinajstić information content (AvgIpc) is 2.84. The average molecular weight is 237 g/mol. The molecule has 1 aliphatic rings. The summed E-state index contributed by atoms with van der Waals surface area (Å²) in [6.45, 7) is 7.45. The summed E-state index contributed by atoms with van der Waals surface area (Å²) in [5, 5.41) is 18.5. The van der Waals surface area contributed by atoms with Gasteiger partial charge in [0.15, 0.2) is 0 Å². The summed E-state index contributed by atoms with van der Waals surface area (Å²) in [5.74, 6) is 0.330. The summed E-state index contributed by atoms with van der Waals surface area (Å²) in [7, 11) is 0. The van der Waals surface area contributed by atoms with Gasteiger partial charge in [0, 0.05) is 6.54 Å². The number of hydrogen-bond acceptors (Lipinski definition) is 3. The Labute approximate surface area is 103 Å². The van der Waals surface area contributed by atoms with E-state index in [4.69, 9.17) is 0 Å². The standard InChI is InChI=1S/C13H23N3O/c1-4-8-16-11(9-14-15-16)12(17)10-6-5-7-13(10,2)3/h9-10,12,17H,4-8H2,1-3H3. The first kappa shape index (κ1) is 12.6. The van der Waals surface area contributed by atoms with E-state index >= 15 is 0 Å². The maximum atomic E-state index is 10.6. The van der Waals surface area contributed by atoms with Gasteiger partial charge in [-0.3, -0.25) is 0 Å². The Kier molecular flexibility index (Phi) is 3.52. The Hall–Kier alpha value is -0.900. The third-order valence-corrected chi connectivity index (χ3v) is 4.11. The number of rotatable bonds is 4. The van der Waals surface area contributed by atoms with E-state index in [-0.39, 0.29) is 5.41 Å². The Morgan fingerprint density at radius 1 is 1.59 bits per heavy atom. The van der Waals surface area contributed by atoms with Gasteiger partial charge in [0.25, 0.3) is 0 Å². The van der Waals surface area contributed by atoms with Crippen LogP contribution in [0, 0.1) is 11.3 Å². The second-order valence-electron chi connectivity index (χ2n) is 5.81. The number of nitrogens with zero attached hydrogens (tertiary/aromatic N) is 3. The zero-order valence-corrected chi connectivity index (χ0v) is 11.1. The smallest absolute Gasteiger partial charge is 0.101 e. The quantitative estimate of drug-likeness (QED) is 0.875. The van der Waals surface area contributed by atoms with Crippen molar-refractivity contribution in [1.82, 2.24) is 15.0 Å². The molecule has 0 aromatic carbocycles. The molecule has 0 amide bonds. The summed E-state index contributed by atoms with van der Waals surface area (Å²) in [4.78, 5) is 0. The van der Waals surface area contributed by atoms with E-state index in [1.165, 1.54) is 12.8 Å². The second-order valence-corrected chi connectivity index (χ2v) is 5.81. The van der Waals surface area contributed by atoms with Gasteiger partial charge in [0.2, 0.25) is 0 Å². The van der Waals surface area contributed by atoms with Gasteiger partial charge in [-0.15, -0.1) is 5.10 Å². The third kappa shape index (κ3) is 2.37. The molecule has 17 heavy (non-hydrogen) atoms. The molecule has 0 radical (unpaired) electrons. The maximum Gasteiger partial charge on any atom is 0.101 e. The van der Waals surface area contributed by atoms with Crippen molar-refractivity contribution in [2.45, 2.75) is 59.1 Å². The Morgan fingerprint density at radius 3 is 2.94 bits per heavy atom. The van der Waals surface area contributed by atoms with Crippen molar-refractivity contribution in [3.8, 4) is 0 Å². The zero-order chi connectivity index (χ0) is 12.5. The highest BCUT2D eigenvalue weighted by Gasteiger charge is 2.40. The van der Waals surface area contributed by atoms with Crippen LogP contribution in [0.2, 0.25) is 0 Å². The van der Waals surface area contributed by atoms with Gasteiger partial charge in [-0.2, -0.15) is 0 Å². The molecule has 0 spiro atoms. The van der Waals surface area contributed by atoms with Crippen LogP contribution in [0.4, 0.5) is 0 Å². The minimum absolute atomic E-state index is 0.223. The molecule has 2 rings (SSSR count). The number of aliphatic hydroxyl groups excluding tert-OH is 1. The van der Waals surface area contributed by atoms with Gasteiger partial charge in [0.1, 0.15) is 6.10 Å². The van der Waals surface area contributed by atoms with Crippen LogP contribution in [0.25, 0.3) is 0 Å². The van der Waals surface area contributed by atoms with E-state index in [2.05, 4.69) is 31.1 Å². The lowest BCUT2D eigenvalue weighted by atomic mass is 9.78. The zero-order valence-electron chi connectivity index (χ0n) is 11.1. The first-order chi connectivity index (χ1) is 8.06. The molecule has 1 N–H and O–H groups in total. The van der Waals surface area contributed by atoms with Crippen molar-refractivity contribution < 1.29 is 5.11 Å². The first-order valence-electron chi connectivity index (χ1n) is 6.62. The van der Waals surface area contributed by atoms with Crippen LogP contribution in [0.1, 0.15) is 58.3 Å². The summed E-state index contributed by atoms with van der Waals surface area (Å²) in [5.41, 5.74) is 1.10. The first-order valence-corrected chi connectivity index (χ1v) is 6.62. The van der Waals surface area contributed by atoms with Crippen LogP contribution < -0.4 is 0 Å². The highest BCUT2D eigenvalue weighted by atomic mass is 16.3. The number of aliphatic hydroxyl groups is 1. The van der Waals surface area contributed by atoms with Crippen molar-refractivity contribution in [3.63, 3.8) is 0 Å². The predicted octanol–water partition coefficient (Wildman–Crippen LogP) is 2.55. The molecule has 96 valence electrons. The van der Waals surface area contributed by atoms with Gasteiger partial charge in [-0.05, 0) is 30.6 Å². The van der Waals surface area contributed by atoms with Gasteiger partial charge in [0.05, 0.1) is 11.9 Å². The van der Waals surface area contributed by atoms with Crippen LogP contribution in [0.15, 0.2) is 6.20 Å². The fraction of sp³-hybridized carbons (Fsp3) is 0.846. The van der Waals surface area contributed by atoms with E-state index in [1.54, 1.807) is 6.20 Å². The molecule has 0 aliphatic heterocycles. The van der Waals surface area contributed by atoms with E-state index < -0.39 is 6.10 Å². The highest BCUT2D eigenvalue weighted by molar-refractivity contribution is 5.05. The molecule has 2 unspecified atom stereocenters. The summed E-state index contributed by atoms with van der Waals surface area (Å²) in [6, 6.07) is 0. The lowest BCUT2D eigenvalue weighted by molar-refractivity contribution is 0.0462. The van der Waals surface area contributed by atoms with Crippen LogP contribution in [-0.2, 0) is 6.54 Å². The summed E-state index contributed by atoms with van der Waals surface area (Å²) >= 11 is 0. The molecule has 1 saturated carbocycles. The van der Waals surface area contributed by atoms with Gasteiger partial charge in [-0.1, -0.05) is 32.4 Å². The highest BCUT2D eigenvalue weighted by Crippen LogP contribution is 2.48. The molecule has 4 nitrogen and oxygen atoms in total. The molecule has 1 heterocycles. The molecular weight excluding hydrogens is 214 g/mol. The molecule has 1 aromatic heterocycles. The lowest BCUT2D eigenvalue weighted by Gasteiger charge is -2.31. The van der Waals surface area contributed by atoms with E-state index in [1.807, 2.05) is 4.68 Å². The molecule has 1 fully saturated rings. The summed E-state index contributed by atoms with van der Waals surface area (Å²) < 4.78 is 1.85. The lowest BCUT2D eigenvalue weighted by Crippen LogP contribution is -2.26. The largest absolute Gasteiger partial charge is 0.386 e. The predicted molar refractivity (Wildman–Crippen MR) is 66.4 cm³/mol.